The highest BCUT2D eigenvalue weighted by Crippen LogP contribution is 2.31. The van der Waals surface area contributed by atoms with Gasteiger partial charge in [0, 0.05) is 11.8 Å². The van der Waals surface area contributed by atoms with E-state index in [0.717, 1.165) is 36.1 Å². The highest BCUT2D eigenvalue weighted by atomic mass is 32.2. The maximum atomic E-state index is 12.7. The van der Waals surface area contributed by atoms with Gasteiger partial charge in [0.05, 0.1) is 16.8 Å². The van der Waals surface area contributed by atoms with Crippen molar-refractivity contribution in [2.24, 2.45) is 5.84 Å². The number of nitrogens with one attached hydrogen (secondary N) is 2. The molecule has 1 fully saturated rings. The molecule has 1 saturated heterocycles. The number of hydrogen-bond acceptors (Lipinski definition) is 4. The molecule has 1 aromatic rings. The van der Waals surface area contributed by atoms with Crippen LogP contribution in [0.25, 0.3) is 0 Å². The van der Waals surface area contributed by atoms with E-state index in [2.05, 4.69) is 10.7 Å². The van der Waals surface area contributed by atoms with Crippen molar-refractivity contribution in [2.75, 3.05) is 16.9 Å². The van der Waals surface area contributed by atoms with Gasteiger partial charge in [0.2, 0.25) is 0 Å². The topological polar surface area (TPSA) is 67.1 Å². The summed E-state index contributed by atoms with van der Waals surface area (Å²) in [5.41, 5.74) is 1.44. The Balaban J connectivity index is 2.25. The maximum Gasteiger partial charge on any atom is 0.416 e. The van der Waals surface area contributed by atoms with E-state index in [0.29, 0.717) is 0 Å². The Morgan fingerprint density at radius 2 is 2.15 bits per heavy atom. The van der Waals surface area contributed by atoms with E-state index >= 15 is 0 Å². The van der Waals surface area contributed by atoms with Crippen LogP contribution < -0.4 is 16.6 Å². The SMILES string of the molecule is NNc1ccc(C(F)(F)F)cc1C(=O)NC1CCSC1. The maximum absolute atomic E-state index is 12.7. The lowest BCUT2D eigenvalue weighted by Crippen LogP contribution is -2.35. The molecule has 0 aromatic heterocycles. The summed E-state index contributed by atoms with van der Waals surface area (Å²) >= 11 is 1.70. The zero-order valence-electron chi connectivity index (χ0n) is 10.5. The molecule has 0 bridgehead atoms. The second kappa shape index (κ2) is 5.92. The molecule has 1 heterocycles. The zero-order valence-corrected chi connectivity index (χ0v) is 11.3. The van der Waals surface area contributed by atoms with Crippen molar-refractivity contribution in [3.8, 4) is 0 Å². The van der Waals surface area contributed by atoms with Crippen molar-refractivity contribution >= 4 is 23.4 Å². The minimum atomic E-state index is -4.49. The van der Waals surface area contributed by atoms with Crippen LogP contribution in [-0.4, -0.2) is 23.5 Å². The molecule has 0 radical (unpaired) electrons. The van der Waals surface area contributed by atoms with Crippen LogP contribution in [-0.2, 0) is 6.18 Å². The molecular formula is C12H14F3N3OS. The third kappa shape index (κ3) is 3.37. The fourth-order valence-corrected chi connectivity index (χ4v) is 3.10. The molecule has 2 rings (SSSR count). The number of benzene rings is 1. The standard InChI is InChI=1S/C12H14F3N3OS/c13-12(14,15)7-1-2-10(18-16)9(5-7)11(19)17-8-3-4-20-6-8/h1-2,5,8,18H,3-4,6,16H2,(H,17,19). The first-order valence-corrected chi connectivity index (χ1v) is 7.14. The van der Waals surface area contributed by atoms with Gasteiger partial charge in [-0.05, 0) is 30.4 Å². The van der Waals surface area contributed by atoms with E-state index < -0.39 is 17.6 Å². The normalized spacial score (nSPS) is 18.9. The van der Waals surface area contributed by atoms with Crippen LogP contribution in [0.4, 0.5) is 18.9 Å². The van der Waals surface area contributed by atoms with Gasteiger partial charge in [-0.25, -0.2) is 0 Å². The average molecular weight is 305 g/mol. The van der Waals surface area contributed by atoms with Gasteiger partial charge in [-0.1, -0.05) is 0 Å². The molecule has 4 nitrogen and oxygen atoms in total. The number of carbonyl (C=O) groups is 1. The van der Waals surface area contributed by atoms with Crippen LogP contribution >= 0.6 is 11.8 Å². The quantitative estimate of drug-likeness (QED) is 0.592. The molecule has 1 aromatic carbocycles. The van der Waals surface area contributed by atoms with Crippen LogP contribution in [0.3, 0.4) is 0 Å². The number of anilines is 1. The second-order valence-corrected chi connectivity index (χ2v) is 5.59. The Kier molecular flexibility index (Phi) is 4.44. The lowest BCUT2D eigenvalue weighted by Gasteiger charge is -2.15. The highest BCUT2D eigenvalue weighted by molar-refractivity contribution is 7.99. The van der Waals surface area contributed by atoms with Crippen molar-refractivity contribution in [1.82, 2.24) is 5.32 Å². The molecule has 110 valence electrons. The van der Waals surface area contributed by atoms with Gasteiger partial charge in [-0.15, -0.1) is 0 Å². The number of nitrogen functional groups attached to an aromatic ring is 1. The van der Waals surface area contributed by atoms with E-state index in [-0.39, 0.29) is 17.3 Å². The summed E-state index contributed by atoms with van der Waals surface area (Å²) < 4.78 is 38.1. The van der Waals surface area contributed by atoms with Crippen molar-refractivity contribution in [1.29, 1.82) is 0 Å². The first-order chi connectivity index (χ1) is 9.41. The van der Waals surface area contributed by atoms with E-state index in [1.54, 1.807) is 11.8 Å². The average Bonchev–Trinajstić information content (AvgIpc) is 2.89. The van der Waals surface area contributed by atoms with Crippen LogP contribution in [0.15, 0.2) is 18.2 Å². The summed E-state index contributed by atoms with van der Waals surface area (Å²) in [6.45, 7) is 0. The number of halogens is 3. The molecular weight excluding hydrogens is 291 g/mol. The van der Waals surface area contributed by atoms with Gasteiger partial charge in [-0.2, -0.15) is 24.9 Å². The Morgan fingerprint density at radius 3 is 2.70 bits per heavy atom. The number of hydrogen-bond donors (Lipinski definition) is 3. The summed E-state index contributed by atoms with van der Waals surface area (Å²) in [6.07, 6.45) is -3.67. The van der Waals surface area contributed by atoms with Gasteiger partial charge < -0.3 is 10.7 Å². The minimum absolute atomic E-state index is 0.00679. The van der Waals surface area contributed by atoms with Crippen molar-refractivity contribution in [3.63, 3.8) is 0 Å². The Labute approximate surface area is 118 Å². The molecule has 20 heavy (non-hydrogen) atoms. The van der Waals surface area contributed by atoms with Gasteiger partial charge >= 0.3 is 6.18 Å². The van der Waals surface area contributed by atoms with Crippen molar-refractivity contribution in [2.45, 2.75) is 18.6 Å². The van der Waals surface area contributed by atoms with Gasteiger partial charge in [0.15, 0.2) is 0 Å². The summed E-state index contributed by atoms with van der Waals surface area (Å²) in [5.74, 6) is 6.41. The molecule has 4 N–H and O–H groups in total. The van der Waals surface area contributed by atoms with Crippen LogP contribution in [0.2, 0.25) is 0 Å². The predicted molar refractivity (Wildman–Crippen MR) is 72.5 cm³/mol. The number of thioether (sulfide) groups is 1. The number of alkyl halides is 3. The number of amides is 1. The molecule has 1 amide bonds. The number of rotatable bonds is 3. The van der Waals surface area contributed by atoms with Gasteiger partial charge in [0.1, 0.15) is 0 Å². The lowest BCUT2D eigenvalue weighted by atomic mass is 10.1. The Bertz CT molecular complexity index is 501. The van der Waals surface area contributed by atoms with E-state index in [1.807, 2.05) is 0 Å². The first-order valence-electron chi connectivity index (χ1n) is 5.98. The largest absolute Gasteiger partial charge is 0.416 e. The second-order valence-electron chi connectivity index (χ2n) is 4.44. The van der Waals surface area contributed by atoms with E-state index in [9.17, 15) is 18.0 Å². The number of nitrogens with two attached hydrogens (primary N) is 1. The Morgan fingerprint density at radius 1 is 1.40 bits per heavy atom. The smallest absolute Gasteiger partial charge is 0.348 e. The fraction of sp³-hybridized carbons (Fsp3) is 0.417. The van der Waals surface area contributed by atoms with Crippen molar-refractivity contribution in [3.05, 3.63) is 29.3 Å². The van der Waals surface area contributed by atoms with Crippen LogP contribution in [0.5, 0.6) is 0 Å². The van der Waals surface area contributed by atoms with E-state index in [1.165, 1.54) is 0 Å². The summed E-state index contributed by atoms with van der Waals surface area (Å²) in [4.78, 5) is 12.1. The lowest BCUT2D eigenvalue weighted by molar-refractivity contribution is -0.137. The minimum Gasteiger partial charge on any atom is -0.348 e. The highest BCUT2D eigenvalue weighted by Gasteiger charge is 2.32. The molecule has 0 saturated carbocycles. The summed E-state index contributed by atoms with van der Waals surface area (Å²) in [7, 11) is 0. The predicted octanol–water partition coefficient (Wildman–Crippen LogP) is 2.23. The molecule has 0 aliphatic carbocycles. The molecule has 1 unspecified atom stereocenters. The third-order valence-corrected chi connectivity index (χ3v) is 4.17. The third-order valence-electron chi connectivity index (χ3n) is 3.01. The van der Waals surface area contributed by atoms with Crippen LogP contribution in [0.1, 0.15) is 22.3 Å². The Hall–Kier alpha value is -1.41. The van der Waals surface area contributed by atoms with Crippen molar-refractivity contribution < 1.29 is 18.0 Å². The molecule has 1 atom stereocenters. The van der Waals surface area contributed by atoms with Gasteiger partial charge in [-0.3, -0.25) is 10.6 Å². The number of hydrazine groups is 1. The van der Waals surface area contributed by atoms with Crippen LogP contribution in [0, 0.1) is 0 Å². The molecule has 1 aliphatic heterocycles. The molecule has 0 spiro atoms. The van der Waals surface area contributed by atoms with Gasteiger partial charge in [0.25, 0.3) is 5.91 Å². The van der Waals surface area contributed by atoms with E-state index in [4.69, 9.17) is 5.84 Å². The first kappa shape index (κ1) is 15.0. The summed E-state index contributed by atoms with van der Waals surface area (Å²) in [6, 6.07) is 2.85. The zero-order chi connectivity index (χ0) is 14.8. The monoisotopic (exact) mass is 305 g/mol. The fourth-order valence-electron chi connectivity index (χ4n) is 1.95. The number of carbonyl (C=O) groups excluding carboxylic acids is 1. The summed E-state index contributed by atoms with van der Waals surface area (Å²) in [5, 5.41) is 2.73. The molecule has 1 aliphatic rings. The molecule has 8 heteroatoms.